The van der Waals surface area contributed by atoms with E-state index in [1.54, 1.807) is 0 Å². The fraction of sp³-hybridized carbons (Fsp3) is 0.647. The molecule has 0 saturated carbocycles. The molecule has 0 bridgehead atoms. The van der Waals surface area contributed by atoms with Gasteiger partial charge in [0.15, 0.2) is 0 Å². The SMILES string of the molecule is Cc1cccc([C@H](C)NCC(C(C)C)C(C)C)c1. The van der Waals surface area contributed by atoms with Crippen molar-refractivity contribution in [2.24, 2.45) is 17.8 Å². The fourth-order valence-electron chi connectivity index (χ4n) is 2.61. The smallest absolute Gasteiger partial charge is 0.0292 e. The van der Waals surface area contributed by atoms with Crippen LogP contribution in [0.3, 0.4) is 0 Å². The van der Waals surface area contributed by atoms with Crippen molar-refractivity contribution >= 4 is 0 Å². The standard InChI is InChI=1S/C17H29N/c1-12(2)17(13(3)4)11-18-15(6)16-9-7-8-14(5)10-16/h7-10,12-13,15,17-18H,11H2,1-6H3/t15-/m0/s1. The van der Waals surface area contributed by atoms with Gasteiger partial charge in [0.1, 0.15) is 0 Å². The molecule has 0 aliphatic heterocycles. The van der Waals surface area contributed by atoms with Crippen molar-refractivity contribution in [3.05, 3.63) is 35.4 Å². The molecular formula is C17H29N. The highest BCUT2D eigenvalue weighted by molar-refractivity contribution is 5.24. The predicted molar refractivity (Wildman–Crippen MR) is 80.8 cm³/mol. The molecule has 1 aromatic rings. The van der Waals surface area contributed by atoms with Crippen LogP contribution >= 0.6 is 0 Å². The van der Waals surface area contributed by atoms with Crippen molar-refractivity contribution in [3.8, 4) is 0 Å². The maximum absolute atomic E-state index is 3.69. The van der Waals surface area contributed by atoms with Crippen molar-refractivity contribution < 1.29 is 0 Å². The minimum Gasteiger partial charge on any atom is -0.310 e. The van der Waals surface area contributed by atoms with E-state index >= 15 is 0 Å². The lowest BCUT2D eigenvalue weighted by molar-refractivity contribution is 0.268. The Kier molecular flexibility index (Phi) is 5.87. The second-order valence-corrected chi connectivity index (χ2v) is 6.20. The summed E-state index contributed by atoms with van der Waals surface area (Å²) in [5.41, 5.74) is 2.73. The number of nitrogens with one attached hydrogen (secondary N) is 1. The van der Waals surface area contributed by atoms with Crippen LogP contribution in [0.5, 0.6) is 0 Å². The minimum atomic E-state index is 0.435. The molecule has 102 valence electrons. The molecule has 0 aliphatic carbocycles. The van der Waals surface area contributed by atoms with E-state index in [1.807, 2.05) is 0 Å². The van der Waals surface area contributed by atoms with Crippen molar-refractivity contribution in [1.82, 2.24) is 5.32 Å². The van der Waals surface area contributed by atoms with Crippen molar-refractivity contribution in [3.63, 3.8) is 0 Å². The average molecular weight is 247 g/mol. The van der Waals surface area contributed by atoms with Gasteiger partial charge in [0.2, 0.25) is 0 Å². The van der Waals surface area contributed by atoms with E-state index < -0.39 is 0 Å². The first-order chi connectivity index (χ1) is 8.41. The number of hydrogen-bond acceptors (Lipinski definition) is 1. The summed E-state index contributed by atoms with van der Waals surface area (Å²) in [6.07, 6.45) is 0. The van der Waals surface area contributed by atoms with Gasteiger partial charge in [-0.05, 0) is 43.7 Å². The first-order valence-corrected chi connectivity index (χ1v) is 7.21. The Morgan fingerprint density at radius 3 is 2.11 bits per heavy atom. The zero-order chi connectivity index (χ0) is 13.7. The van der Waals surface area contributed by atoms with Crippen LogP contribution in [0.15, 0.2) is 24.3 Å². The second-order valence-electron chi connectivity index (χ2n) is 6.20. The highest BCUT2D eigenvalue weighted by Crippen LogP contribution is 2.21. The molecule has 18 heavy (non-hydrogen) atoms. The molecule has 0 aliphatic rings. The van der Waals surface area contributed by atoms with Gasteiger partial charge in [-0.1, -0.05) is 57.5 Å². The van der Waals surface area contributed by atoms with Gasteiger partial charge in [-0.2, -0.15) is 0 Å². The van der Waals surface area contributed by atoms with Gasteiger partial charge < -0.3 is 5.32 Å². The molecule has 0 aromatic heterocycles. The third-order valence-electron chi connectivity index (χ3n) is 3.91. The van der Waals surface area contributed by atoms with Crippen LogP contribution in [0.25, 0.3) is 0 Å². The Morgan fingerprint density at radius 2 is 1.61 bits per heavy atom. The number of rotatable bonds is 6. The summed E-state index contributed by atoms with van der Waals surface area (Å²) in [5, 5.41) is 3.69. The summed E-state index contributed by atoms with van der Waals surface area (Å²) in [4.78, 5) is 0. The fourth-order valence-corrected chi connectivity index (χ4v) is 2.61. The monoisotopic (exact) mass is 247 g/mol. The Morgan fingerprint density at radius 1 is 1.00 bits per heavy atom. The van der Waals surface area contributed by atoms with Crippen LogP contribution in [0.1, 0.15) is 51.8 Å². The third kappa shape index (κ3) is 4.45. The molecule has 1 nitrogen and oxygen atoms in total. The number of aryl methyl sites for hydroxylation is 1. The van der Waals surface area contributed by atoms with E-state index in [2.05, 4.69) is 71.1 Å². The molecule has 0 spiro atoms. The van der Waals surface area contributed by atoms with Crippen LogP contribution in [0.4, 0.5) is 0 Å². The molecule has 0 radical (unpaired) electrons. The Balaban J connectivity index is 2.57. The molecular weight excluding hydrogens is 218 g/mol. The summed E-state index contributed by atoms with van der Waals surface area (Å²) < 4.78 is 0. The average Bonchev–Trinajstić information content (AvgIpc) is 2.28. The molecule has 0 unspecified atom stereocenters. The number of hydrogen-bond donors (Lipinski definition) is 1. The van der Waals surface area contributed by atoms with E-state index in [-0.39, 0.29) is 0 Å². The van der Waals surface area contributed by atoms with Crippen LogP contribution in [0, 0.1) is 24.7 Å². The van der Waals surface area contributed by atoms with Crippen molar-refractivity contribution in [2.75, 3.05) is 6.54 Å². The highest BCUT2D eigenvalue weighted by Gasteiger charge is 2.18. The van der Waals surface area contributed by atoms with Gasteiger partial charge in [0.25, 0.3) is 0 Å². The second kappa shape index (κ2) is 6.94. The quantitative estimate of drug-likeness (QED) is 0.776. The highest BCUT2D eigenvalue weighted by atomic mass is 14.9. The summed E-state index contributed by atoms with van der Waals surface area (Å²) in [5.74, 6) is 2.22. The molecule has 1 N–H and O–H groups in total. The summed E-state index contributed by atoms with van der Waals surface area (Å²) in [7, 11) is 0. The van der Waals surface area contributed by atoms with Crippen LogP contribution < -0.4 is 5.32 Å². The van der Waals surface area contributed by atoms with Gasteiger partial charge in [0, 0.05) is 6.04 Å². The molecule has 0 heterocycles. The Hall–Kier alpha value is -0.820. The Bertz CT molecular complexity index is 346. The molecule has 1 heteroatoms. The molecule has 1 atom stereocenters. The van der Waals surface area contributed by atoms with Crippen LogP contribution in [0.2, 0.25) is 0 Å². The van der Waals surface area contributed by atoms with Gasteiger partial charge in [-0.25, -0.2) is 0 Å². The van der Waals surface area contributed by atoms with Crippen molar-refractivity contribution in [2.45, 2.75) is 47.6 Å². The van der Waals surface area contributed by atoms with E-state index in [4.69, 9.17) is 0 Å². The van der Waals surface area contributed by atoms with Gasteiger partial charge in [0.05, 0.1) is 0 Å². The molecule has 0 saturated heterocycles. The summed E-state index contributed by atoms with van der Waals surface area (Å²) >= 11 is 0. The van der Waals surface area contributed by atoms with E-state index in [1.165, 1.54) is 11.1 Å². The molecule has 0 fully saturated rings. The van der Waals surface area contributed by atoms with E-state index in [0.717, 1.165) is 24.3 Å². The lowest BCUT2D eigenvalue weighted by atomic mass is 9.85. The van der Waals surface area contributed by atoms with Crippen LogP contribution in [-0.4, -0.2) is 6.54 Å². The lowest BCUT2D eigenvalue weighted by Gasteiger charge is -2.27. The van der Waals surface area contributed by atoms with Gasteiger partial charge in [-0.3, -0.25) is 0 Å². The molecule has 1 rings (SSSR count). The molecule has 1 aromatic carbocycles. The maximum Gasteiger partial charge on any atom is 0.0292 e. The lowest BCUT2D eigenvalue weighted by Crippen LogP contribution is -2.31. The van der Waals surface area contributed by atoms with Gasteiger partial charge >= 0.3 is 0 Å². The topological polar surface area (TPSA) is 12.0 Å². The largest absolute Gasteiger partial charge is 0.310 e. The van der Waals surface area contributed by atoms with Crippen LogP contribution in [-0.2, 0) is 0 Å². The Labute approximate surface area is 113 Å². The summed E-state index contributed by atoms with van der Waals surface area (Å²) in [6.45, 7) is 14.8. The molecule has 0 amide bonds. The summed E-state index contributed by atoms with van der Waals surface area (Å²) in [6, 6.07) is 9.22. The van der Waals surface area contributed by atoms with E-state index in [9.17, 15) is 0 Å². The maximum atomic E-state index is 3.69. The minimum absolute atomic E-state index is 0.435. The number of benzene rings is 1. The normalized spacial score (nSPS) is 13.6. The van der Waals surface area contributed by atoms with E-state index in [0.29, 0.717) is 6.04 Å². The van der Waals surface area contributed by atoms with Gasteiger partial charge in [-0.15, -0.1) is 0 Å². The zero-order valence-corrected chi connectivity index (χ0v) is 12.8. The first kappa shape index (κ1) is 15.2. The first-order valence-electron chi connectivity index (χ1n) is 7.21. The zero-order valence-electron chi connectivity index (χ0n) is 12.8. The predicted octanol–water partition coefficient (Wildman–Crippen LogP) is 4.57. The third-order valence-corrected chi connectivity index (χ3v) is 3.91. The van der Waals surface area contributed by atoms with Crippen molar-refractivity contribution in [1.29, 1.82) is 0 Å².